The molecule has 1 aromatic carbocycles. The van der Waals surface area contributed by atoms with Crippen molar-refractivity contribution in [1.29, 1.82) is 0 Å². The number of likely N-dealkylation sites (N-methyl/N-ethyl adjacent to an activating group) is 1. The van der Waals surface area contributed by atoms with Crippen LogP contribution in [0.3, 0.4) is 0 Å². The van der Waals surface area contributed by atoms with Crippen LogP contribution in [0, 0.1) is 0 Å². The second kappa shape index (κ2) is 5.77. The van der Waals surface area contributed by atoms with E-state index in [0.717, 1.165) is 55.0 Å². The molecule has 2 heterocycles. The monoisotopic (exact) mass is 271 g/mol. The third kappa shape index (κ3) is 2.49. The van der Waals surface area contributed by atoms with E-state index in [0.29, 0.717) is 0 Å². The standard InChI is InChI=1S/C16H21N3O/c1-2-18-7-9-19(10-8-18)16-11-13(12-20)14-5-3-4-6-15(14)17-16/h3-6,11,20H,2,7-10,12H2,1H3. The average molecular weight is 271 g/mol. The molecule has 1 N–H and O–H groups in total. The van der Waals surface area contributed by atoms with E-state index in [2.05, 4.69) is 16.7 Å². The summed E-state index contributed by atoms with van der Waals surface area (Å²) in [5.41, 5.74) is 1.93. The van der Waals surface area contributed by atoms with Crippen molar-refractivity contribution in [3.63, 3.8) is 0 Å². The molecule has 0 amide bonds. The van der Waals surface area contributed by atoms with Crippen molar-refractivity contribution < 1.29 is 5.11 Å². The smallest absolute Gasteiger partial charge is 0.129 e. The zero-order valence-corrected chi connectivity index (χ0v) is 11.9. The lowest BCUT2D eigenvalue weighted by Gasteiger charge is -2.35. The van der Waals surface area contributed by atoms with Crippen LogP contribution in [0.25, 0.3) is 10.9 Å². The number of benzene rings is 1. The van der Waals surface area contributed by atoms with Gasteiger partial charge in [-0.15, -0.1) is 0 Å². The molecule has 0 aliphatic carbocycles. The van der Waals surface area contributed by atoms with Crippen LogP contribution in [0.1, 0.15) is 12.5 Å². The van der Waals surface area contributed by atoms with Gasteiger partial charge in [0.2, 0.25) is 0 Å². The average Bonchev–Trinajstić information content (AvgIpc) is 2.54. The van der Waals surface area contributed by atoms with Gasteiger partial charge in [0.1, 0.15) is 5.82 Å². The van der Waals surface area contributed by atoms with Gasteiger partial charge in [-0.25, -0.2) is 4.98 Å². The minimum absolute atomic E-state index is 0.0605. The van der Waals surface area contributed by atoms with Gasteiger partial charge in [0.15, 0.2) is 0 Å². The molecule has 4 heteroatoms. The number of rotatable bonds is 3. The fourth-order valence-electron chi connectivity index (χ4n) is 2.82. The number of para-hydroxylation sites is 1. The molecule has 4 nitrogen and oxygen atoms in total. The number of fused-ring (bicyclic) bond motifs is 1. The van der Waals surface area contributed by atoms with Gasteiger partial charge in [-0.2, -0.15) is 0 Å². The number of hydrogen-bond donors (Lipinski definition) is 1. The lowest BCUT2D eigenvalue weighted by Crippen LogP contribution is -2.46. The summed E-state index contributed by atoms with van der Waals surface area (Å²) in [7, 11) is 0. The summed E-state index contributed by atoms with van der Waals surface area (Å²) in [6, 6.07) is 10.1. The summed E-state index contributed by atoms with van der Waals surface area (Å²) in [6.07, 6.45) is 0. The Morgan fingerprint density at radius 3 is 2.60 bits per heavy atom. The zero-order chi connectivity index (χ0) is 13.9. The van der Waals surface area contributed by atoms with Gasteiger partial charge < -0.3 is 14.9 Å². The summed E-state index contributed by atoms with van der Waals surface area (Å²) in [4.78, 5) is 9.52. The normalized spacial score (nSPS) is 16.8. The second-order valence-corrected chi connectivity index (χ2v) is 5.24. The molecule has 20 heavy (non-hydrogen) atoms. The Bertz CT molecular complexity index is 591. The van der Waals surface area contributed by atoms with E-state index in [9.17, 15) is 5.11 Å². The molecule has 1 aliphatic rings. The van der Waals surface area contributed by atoms with E-state index in [4.69, 9.17) is 4.98 Å². The second-order valence-electron chi connectivity index (χ2n) is 5.24. The van der Waals surface area contributed by atoms with Crippen LogP contribution in [-0.4, -0.2) is 47.7 Å². The fourth-order valence-corrected chi connectivity index (χ4v) is 2.82. The number of aliphatic hydroxyl groups excluding tert-OH is 1. The molecule has 0 bridgehead atoms. The summed E-state index contributed by atoms with van der Waals surface area (Å²) in [5, 5.41) is 10.6. The van der Waals surface area contributed by atoms with Crippen molar-refractivity contribution in [3.05, 3.63) is 35.9 Å². The van der Waals surface area contributed by atoms with Gasteiger partial charge in [-0.3, -0.25) is 0 Å². The number of piperazine rings is 1. The molecular formula is C16H21N3O. The molecule has 1 saturated heterocycles. The van der Waals surface area contributed by atoms with Gasteiger partial charge >= 0.3 is 0 Å². The van der Waals surface area contributed by atoms with Gasteiger partial charge in [-0.1, -0.05) is 25.1 Å². The molecule has 1 fully saturated rings. The van der Waals surface area contributed by atoms with Gasteiger partial charge in [0.05, 0.1) is 12.1 Å². The van der Waals surface area contributed by atoms with Gasteiger partial charge in [-0.05, 0) is 24.2 Å². The number of pyridine rings is 1. The Morgan fingerprint density at radius 1 is 1.15 bits per heavy atom. The van der Waals surface area contributed by atoms with Crippen molar-refractivity contribution in [3.8, 4) is 0 Å². The Labute approximate surface area is 119 Å². The first-order valence-corrected chi connectivity index (χ1v) is 7.28. The SMILES string of the molecule is CCN1CCN(c2cc(CO)c3ccccc3n2)CC1. The highest BCUT2D eigenvalue weighted by molar-refractivity contribution is 5.84. The molecule has 0 unspecified atom stereocenters. The van der Waals surface area contributed by atoms with Crippen LogP contribution in [-0.2, 0) is 6.61 Å². The summed E-state index contributed by atoms with van der Waals surface area (Å²) in [5.74, 6) is 0.989. The third-order valence-corrected chi connectivity index (χ3v) is 4.10. The van der Waals surface area contributed by atoms with Crippen LogP contribution < -0.4 is 4.90 Å². The zero-order valence-electron chi connectivity index (χ0n) is 11.9. The molecular weight excluding hydrogens is 250 g/mol. The van der Waals surface area contributed by atoms with Crippen LogP contribution in [0.15, 0.2) is 30.3 Å². The molecule has 1 aliphatic heterocycles. The lowest BCUT2D eigenvalue weighted by atomic mass is 10.1. The number of hydrogen-bond acceptors (Lipinski definition) is 4. The topological polar surface area (TPSA) is 39.6 Å². The van der Waals surface area contributed by atoms with E-state index >= 15 is 0 Å². The highest BCUT2D eigenvalue weighted by Gasteiger charge is 2.17. The molecule has 106 valence electrons. The van der Waals surface area contributed by atoms with Crippen LogP contribution in [0.4, 0.5) is 5.82 Å². The number of aromatic nitrogens is 1. The Balaban J connectivity index is 1.92. The minimum atomic E-state index is 0.0605. The molecule has 0 saturated carbocycles. The van der Waals surface area contributed by atoms with Crippen LogP contribution in [0.5, 0.6) is 0 Å². The highest BCUT2D eigenvalue weighted by atomic mass is 16.3. The van der Waals surface area contributed by atoms with E-state index in [1.54, 1.807) is 0 Å². The molecule has 0 atom stereocenters. The summed E-state index contributed by atoms with van der Waals surface area (Å²) >= 11 is 0. The lowest BCUT2D eigenvalue weighted by molar-refractivity contribution is 0.270. The first-order chi connectivity index (χ1) is 9.81. The summed E-state index contributed by atoms with van der Waals surface area (Å²) < 4.78 is 0. The Morgan fingerprint density at radius 2 is 1.90 bits per heavy atom. The van der Waals surface area contributed by atoms with Crippen molar-refractivity contribution in [1.82, 2.24) is 9.88 Å². The number of nitrogens with zero attached hydrogens (tertiary/aromatic N) is 3. The molecule has 0 spiro atoms. The quantitative estimate of drug-likeness (QED) is 0.925. The maximum atomic E-state index is 9.58. The fraction of sp³-hybridized carbons (Fsp3) is 0.438. The van der Waals surface area contributed by atoms with Crippen molar-refractivity contribution in [2.75, 3.05) is 37.6 Å². The summed E-state index contributed by atoms with van der Waals surface area (Å²) in [6.45, 7) is 7.55. The predicted octanol–water partition coefficient (Wildman–Crippen LogP) is 1.87. The maximum Gasteiger partial charge on any atom is 0.129 e. The van der Waals surface area contributed by atoms with E-state index in [1.165, 1.54) is 0 Å². The van der Waals surface area contributed by atoms with E-state index in [1.807, 2.05) is 30.3 Å². The van der Waals surface area contributed by atoms with Gasteiger partial charge in [0.25, 0.3) is 0 Å². The Hall–Kier alpha value is -1.65. The first kappa shape index (κ1) is 13.3. The molecule has 3 rings (SSSR count). The largest absolute Gasteiger partial charge is 0.392 e. The van der Waals surface area contributed by atoms with Crippen LogP contribution >= 0.6 is 0 Å². The molecule has 0 radical (unpaired) electrons. The maximum absolute atomic E-state index is 9.58. The number of aliphatic hydroxyl groups is 1. The van der Waals surface area contributed by atoms with Crippen molar-refractivity contribution in [2.45, 2.75) is 13.5 Å². The van der Waals surface area contributed by atoms with E-state index < -0.39 is 0 Å². The minimum Gasteiger partial charge on any atom is -0.392 e. The highest BCUT2D eigenvalue weighted by Crippen LogP contribution is 2.23. The van der Waals surface area contributed by atoms with Crippen molar-refractivity contribution >= 4 is 16.7 Å². The van der Waals surface area contributed by atoms with Crippen LogP contribution in [0.2, 0.25) is 0 Å². The predicted molar refractivity (Wildman–Crippen MR) is 82.0 cm³/mol. The van der Waals surface area contributed by atoms with Crippen molar-refractivity contribution in [2.24, 2.45) is 0 Å². The number of anilines is 1. The molecule has 1 aromatic heterocycles. The molecule has 2 aromatic rings. The van der Waals surface area contributed by atoms with Gasteiger partial charge in [0, 0.05) is 31.6 Å². The third-order valence-electron chi connectivity index (χ3n) is 4.10. The first-order valence-electron chi connectivity index (χ1n) is 7.28. The Kier molecular flexibility index (Phi) is 3.85. The van der Waals surface area contributed by atoms with E-state index in [-0.39, 0.29) is 6.61 Å².